The molecule has 0 unspecified atom stereocenters. The van der Waals surface area contributed by atoms with E-state index in [0.717, 1.165) is 29.2 Å². The van der Waals surface area contributed by atoms with Gasteiger partial charge in [0, 0.05) is 17.0 Å². The second-order valence-electron chi connectivity index (χ2n) is 4.34. The molecule has 2 N–H and O–H groups in total. The van der Waals surface area contributed by atoms with Crippen molar-refractivity contribution in [2.75, 3.05) is 13.2 Å². The van der Waals surface area contributed by atoms with Gasteiger partial charge in [0.05, 0.1) is 6.61 Å². The number of halogens is 1. The molecule has 19 heavy (non-hydrogen) atoms. The molecule has 2 nitrogen and oxygen atoms in total. The van der Waals surface area contributed by atoms with Crippen molar-refractivity contribution in [2.45, 2.75) is 12.8 Å². The fourth-order valence-electron chi connectivity index (χ4n) is 1.98. The van der Waals surface area contributed by atoms with Gasteiger partial charge in [-0.2, -0.15) is 0 Å². The lowest BCUT2D eigenvalue weighted by Gasteiger charge is -2.12. The number of nitrogens with two attached hydrogens (primary N) is 1. The van der Waals surface area contributed by atoms with Crippen molar-refractivity contribution in [3.05, 3.63) is 64.7 Å². The van der Waals surface area contributed by atoms with E-state index >= 15 is 0 Å². The summed E-state index contributed by atoms with van der Waals surface area (Å²) < 4.78 is 5.83. The minimum Gasteiger partial charge on any atom is -0.493 e. The summed E-state index contributed by atoms with van der Waals surface area (Å²) in [5.41, 5.74) is 7.87. The van der Waals surface area contributed by atoms with E-state index < -0.39 is 0 Å². The van der Waals surface area contributed by atoms with E-state index in [4.69, 9.17) is 22.1 Å². The number of benzene rings is 2. The zero-order valence-corrected chi connectivity index (χ0v) is 11.6. The van der Waals surface area contributed by atoms with Gasteiger partial charge in [0.15, 0.2) is 0 Å². The molecule has 0 saturated heterocycles. The number of ether oxygens (including phenoxy) is 1. The Kier molecular flexibility index (Phi) is 5.25. The highest BCUT2D eigenvalue weighted by molar-refractivity contribution is 6.31. The SMILES string of the molecule is NCCc1c(Cl)cccc1OCCc1ccccc1. The molecule has 0 saturated carbocycles. The van der Waals surface area contributed by atoms with Crippen molar-refractivity contribution in [1.82, 2.24) is 0 Å². The minimum atomic E-state index is 0.568. The van der Waals surface area contributed by atoms with Crippen molar-refractivity contribution in [2.24, 2.45) is 5.73 Å². The van der Waals surface area contributed by atoms with E-state index in [1.807, 2.05) is 36.4 Å². The molecule has 0 aliphatic carbocycles. The van der Waals surface area contributed by atoms with Crippen LogP contribution in [0.3, 0.4) is 0 Å². The molecule has 2 aromatic rings. The van der Waals surface area contributed by atoms with Gasteiger partial charge in [-0.1, -0.05) is 48.0 Å². The van der Waals surface area contributed by atoms with Gasteiger partial charge in [0.2, 0.25) is 0 Å². The van der Waals surface area contributed by atoms with Gasteiger partial charge in [-0.15, -0.1) is 0 Å². The summed E-state index contributed by atoms with van der Waals surface area (Å²) in [6.45, 7) is 1.21. The van der Waals surface area contributed by atoms with Crippen molar-refractivity contribution in [3.63, 3.8) is 0 Å². The molecule has 2 rings (SSSR count). The van der Waals surface area contributed by atoms with E-state index in [0.29, 0.717) is 13.2 Å². The van der Waals surface area contributed by atoms with E-state index in [2.05, 4.69) is 12.1 Å². The molecule has 100 valence electrons. The van der Waals surface area contributed by atoms with E-state index in [1.54, 1.807) is 0 Å². The zero-order valence-electron chi connectivity index (χ0n) is 10.8. The van der Waals surface area contributed by atoms with Gasteiger partial charge in [-0.3, -0.25) is 0 Å². The Labute approximate surface area is 119 Å². The van der Waals surface area contributed by atoms with Crippen LogP contribution < -0.4 is 10.5 Å². The Morgan fingerprint density at radius 3 is 2.47 bits per heavy atom. The summed E-state index contributed by atoms with van der Waals surface area (Å²) in [5.74, 6) is 0.842. The van der Waals surface area contributed by atoms with Gasteiger partial charge in [0.1, 0.15) is 5.75 Å². The van der Waals surface area contributed by atoms with E-state index in [9.17, 15) is 0 Å². The Hall–Kier alpha value is -1.51. The Balaban J connectivity index is 1.97. The van der Waals surface area contributed by atoms with Gasteiger partial charge < -0.3 is 10.5 Å². The van der Waals surface area contributed by atoms with Gasteiger partial charge in [-0.25, -0.2) is 0 Å². The normalized spacial score (nSPS) is 10.4. The number of hydrogen-bond donors (Lipinski definition) is 1. The summed E-state index contributed by atoms with van der Waals surface area (Å²) in [4.78, 5) is 0. The molecule has 0 radical (unpaired) electrons. The maximum atomic E-state index is 6.17. The van der Waals surface area contributed by atoms with Crippen LogP contribution in [-0.4, -0.2) is 13.2 Å². The first kappa shape index (κ1) is 13.9. The molecule has 0 heterocycles. The van der Waals surface area contributed by atoms with E-state index in [1.165, 1.54) is 5.56 Å². The lowest BCUT2D eigenvalue weighted by molar-refractivity contribution is 0.318. The Morgan fingerprint density at radius 1 is 0.947 bits per heavy atom. The molecule has 0 spiro atoms. The molecular weight excluding hydrogens is 258 g/mol. The zero-order chi connectivity index (χ0) is 13.5. The maximum Gasteiger partial charge on any atom is 0.124 e. The highest BCUT2D eigenvalue weighted by Gasteiger charge is 2.07. The monoisotopic (exact) mass is 275 g/mol. The van der Waals surface area contributed by atoms with Gasteiger partial charge in [0.25, 0.3) is 0 Å². The number of hydrogen-bond acceptors (Lipinski definition) is 2. The quantitative estimate of drug-likeness (QED) is 0.876. The van der Waals surface area contributed by atoms with Crippen molar-refractivity contribution < 1.29 is 4.74 Å². The molecule has 0 aliphatic rings. The molecule has 0 aromatic heterocycles. The highest BCUT2D eigenvalue weighted by Crippen LogP contribution is 2.26. The summed E-state index contributed by atoms with van der Waals surface area (Å²) in [5, 5.41) is 0.725. The molecular formula is C16H18ClNO. The van der Waals surface area contributed by atoms with Crippen LogP contribution in [-0.2, 0) is 12.8 Å². The van der Waals surface area contributed by atoms with Crippen LogP contribution in [0.5, 0.6) is 5.75 Å². The predicted octanol–water partition coefficient (Wildman–Crippen LogP) is 3.46. The third-order valence-electron chi connectivity index (χ3n) is 2.96. The lowest BCUT2D eigenvalue weighted by atomic mass is 10.1. The molecule has 2 aromatic carbocycles. The molecule has 3 heteroatoms. The Bertz CT molecular complexity index is 513. The second-order valence-corrected chi connectivity index (χ2v) is 4.75. The third-order valence-corrected chi connectivity index (χ3v) is 3.32. The summed E-state index contributed by atoms with van der Waals surface area (Å²) in [7, 11) is 0. The molecule has 0 atom stereocenters. The lowest BCUT2D eigenvalue weighted by Crippen LogP contribution is -2.07. The van der Waals surface area contributed by atoms with Crippen LogP contribution in [0.2, 0.25) is 5.02 Å². The van der Waals surface area contributed by atoms with E-state index in [-0.39, 0.29) is 0 Å². The standard InChI is InChI=1S/C16H18ClNO/c17-15-7-4-8-16(14(15)9-11-18)19-12-10-13-5-2-1-3-6-13/h1-8H,9-12,18H2. The fraction of sp³-hybridized carbons (Fsp3) is 0.250. The first-order valence-corrected chi connectivity index (χ1v) is 6.83. The minimum absolute atomic E-state index is 0.568. The smallest absolute Gasteiger partial charge is 0.124 e. The molecule has 0 bridgehead atoms. The average molecular weight is 276 g/mol. The highest BCUT2D eigenvalue weighted by atomic mass is 35.5. The summed E-state index contributed by atoms with van der Waals surface area (Å²) in [6, 6.07) is 16.0. The molecule has 0 fully saturated rings. The van der Waals surface area contributed by atoms with Gasteiger partial charge in [-0.05, 0) is 30.7 Å². The number of rotatable bonds is 6. The topological polar surface area (TPSA) is 35.2 Å². The van der Waals surface area contributed by atoms with Crippen molar-refractivity contribution >= 4 is 11.6 Å². The third kappa shape index (κ3) is 3.98. The Morgan fingerprint density at radius 2 is 1.74 bits per heavy atom. The molecule has 0 aliphatic heterocycles. The van der Waals surface area contributed by atoms with Crippen molar-refractivity contribution in [3.8, 4) is 5.75 Å². The van der Waals surface area contributed by atoms with Crippen LogP contribution >= 0.6 is 11.6 Å². The predicted molar refractivity (Wildman–Crippen MR) is 79.9 cm³/mol. The first-order valence-electron chi connectivity index (χ1n) is 6.45. The second kappa shape index (κ2) is 7.17. The van der Waals surface area contributed by atoms with Crippen LogP contribution in [0.1, 0.15) is 11.1 Å². The van der Waals surface area contributed by atoms with Gasteiger partial charge >= 0.3 is 0 Å². The van der Waals surface area contributed by atoms with Crippen molar-refractivity contribution in [1.29, 1.82) is 0 Å². The first-order chi connectivity index (χ1) is 9.31. The largest absolute Gasteiger partial charge is 0.493 e. The summed E-state index contributed by atoms with van der Waals surface area (Å²) >= 11 is 6.17. The maximum absolute atomic E-state index is 6.17. The van der Waals surface area contributed by atoms with Crippen LogP contribution in [0.15, 0.2) is 48.5 Å². The molecule has 0 amide bonds. The average Bonchev–Trinajstić information content (AvgIpc) is 2.44. The van der Waals surface area contributed by atoms with Crippen LogP contribution in [0.4, 0.5) is 0 Å². The summed E-state index contributed by atoms with van der Waals surface area (Å²) in [6.07, 6.45) is 1.62. The fourth-order valence-corrected chi connectivity index (χ4v) is 2.24. The van der Waals surface area contributed by atoms with Crippen LogP contribution in [0, 0.1) is 0 Å². The van der Waals surface area contributed by atoms with Crippen LogP contribution in [0.25, 0.3) is 0 Å².